The second-order valence-electron chi connectivity index (χ2n) is 6.92. The Morgan fingerprint density at radius 1 is 1.26 bits per heavy atom. The molecule has 0 aromatic carbocycles. The van der Waals surface area contributed by atoms with Gasteiger partial charge in [-0.3, -0.25) is 0 Å². The minimum absolute atomic E-state index is 0.0941. The van der Waals surface area contributed by atoms with Crippen molar-refractivity contribution in [3.05, 3.63) is 11.7 Å². The van der Waals surface area contributed by atoms with Crippen molar-refractivity contribution >= 4 is 0 Å². The van der Waals surface area contributed by atoms with Crippen molar-refractivity contribution in [2.45, 2.75) is 71.8 Å². The lowest BCUT2D eigenvalue weighted by molar-refractivity contribution is 0.159. The number of nitrogens with zero attached hydrogens (tertiary/aromatic N) is 2. The van der Waals surface area contributed by atoms with E-state index in [1.807, 2.05) is 6.92 Å². The van der Waals surface area contributed by atoms with Crippen molar-refractivity contribution in [2.24, 2.45) is 17.1 Å². The first kappa shape index (κ1) is 14.5. The van der Waals surface area contributed by atoms with E-state index < -0.39 is 0 Å². The fourth-order valence-corrected chi connectivity index (χ4v) is 2.95. The Hall–Kier alpha value is -0.900. The van der Waals surface area contributed by atoms with Crippen LogP contribution in [-0.2, 0) is 0 Å². The molecule has 1 heterocycles. The molecule has 1 atom stereocenters. The molecule has 0 saturated heterocycles. The second-order valence-corrected chi connectivity index (χ2v) is 6.92. The molecule has 19 heavy (non-hydrogen) atoms. The van der Waals surface area contributed by atoms with Crippen LogP contribution in [0, 0.1) is 11.3 Å². The second kappa shape index (κ2) is 5.61. The summed E-state index contributed by atoms with van der Waals surface area (Å²) in [6.45, 7) is 9.05. The van der Waals surface area contributed by atoms with E-state index in [0.717, 1.165) is 31.1 Å². The number of hydrogen-bond acceptors (Lipinski definition) is 4. The molecule has 1 aromatic rings. The van der Waals surface area contributed by atoms with Gasteiger partial charge in [-0.05, 0) is 43.4 Å². The summed E-state index contributed by atoms with van der Waals surface area (Å²) in [5, 5.41) is 4.02. The maximum absolute atomic E-state index is 5.93. The zero-order valence-electron chi connectivity index (χ0n) is 12.6. The Bertz CT molecular complexity index is 400. The van der Waals surface area contributed by atoms with Crippen molar-refractivity contribution in [3.8, 4) is 0 Å². The van der Waals surface area contributed by atoms with E-state index in [9.17, 15) is 0 Å². The smallest absolute Gasteiger partial charge is 0.229 e. The number of rotatable bonds is 3. The number of nitrogens with two attached hydrogens (primary N) is 1. The summed E-state index contributed by atoms with van der Waals surface area (Å²) in [4.78, 5) is 4.49. The van der Waals surface area contributed by atoms with Gasteiger partial charge in [-0.2, -0.15) is 4.98 Å². The lowest BCUT2D eigenvalue weighted by Gasteiger charge is -2.35. The molecule has 2 rings (SSSR count). The Labute approximate surface area is 116 Å². The number of aromatic nitrogens is 2. The molecule has 4 nitrogen and oxygen atoms in total. The summed E-state index contributed by atoms with van der Waals surface area (Å²) in [5.74, 6) is 2.70. The molecule has 2 N–H and O–H groups in total. The highest BCUT2D eigenvalue weighted by Crippen LogP contribution is 2.42. The molecular formula is C15H27N3O. The summed E-state index contributed by atoms with van der Waals surface area (Å²) >= 11 is 0. The molecule has 1 saturated carbocycles. The zero-order chi connectivity index (χ0) is 14.0. The van der Waals surface area contributed by atoms with Crippen molar-refractivity contribution in [2.75, 3.05) is 0 Å². The van der Waals surface area contributed by atoms with Crippen LogP contribution >= 0.6 is 0 Å². The third kappa shape index (κ3) is 3.35. The quantitative estimate of drug-likeness (QED) is 0.902. The predicted octanol–water partition coefficient (Wildman–Crippen LogP) is 3.80. The minimum atomic E-state index is -0.0941. The Kier molecular flexibility index (Phi) is 4.29. The summed E-state index contributed by atoms with van der Waals surface area (Å²) in [6, 6.07) is -0.0941. The van der Waals surface area contributed by atoms with Crippen molar-refractivity contribution < 1.29 is 4.52 Å². The van der Waals surface area contributed by atoms with Gasteiger partial charge in [0.1, 0.15) is 0 Å². The standard InChI is InChI=1S/C15H27N3O/c1-5-12(16)13-17-14(19-18-13)10-6-8-11(9-7-10)15(2,3)4/h10-12H,5-9,16H2,1-4H3. The molecule has 0 spiro atoms. The van der Waals surface area contributed by atoms with Crippen molar-refractivity contribution in [1.29, 1.82) is 0 Å². The summed E-state index contributed by atoms with van der Waals surface area (Å²) < 4.78 is 5.41. The van der Waals surface area contributed by atoms with Crippen LogP contribution in [0.2, 0.25) is 0 Å². The third-order valence-corrected chi connectivity index (χ3v) is 4.53. The van der Waals surface area contributed by atoms with Gasteiger partial charge in [0.25, 0.3) is 0 Å². The minimum Gasteiger partial charge on any atom is -0.339 e. The molecule has 1 fully saturated rings. The Balaban J connectivity index is 1.96. The van der Waals surface area contributed by atoms with Gasteiger partial charge in [-0.25, -0.2) is 0 Å². The lowest BCUT2D eigenvalue weighted by Crippen LogP contribution is -2.25. The lowest BCUT2D eigenvalue weighted by atomic mass is 9.70. The molecule has 1 aromatic heterocycles. The molecule has 1 aliphatic carbocycles. The molecule has 0 bridgehead atoms. The van der Waals surface area contributed by atoms with E-state index in [1.54, 1.807) is 0 Å². The van der Waals surface area contributed by atoms with Crippen LogP contribution in [0.25, 0.3) is 0 Å². The summed E-state index contributed by atoms with van der Waals surface area (Å²) in [6.07, 6.45) is 5.67. The first-order chi connectivity index (χ1) is 8.91. The highest BCUT2D eigenvalue weighted by molar-refractivity contribution is 4.99. The Morgan fingerprint density at radius 3 is 2.42 bits per heavy atom. The monoisotopic (exact) mass is 265 g/mol. The summed E-state index contributed by atoms with van der Waals surface area (Å²) in [7, 11) is 0. The average Bonchev–Trinajstić information content (AvgIpc) is 2.86. The summed E-state index contributed by atoms with van der Waals surface area (Å²) in [5.41, 5.74) is 6.34. The van der Waals surface area contributed by atoms with Gasteiger partial charge in [0.15, 0.2) is 5.82 Å². The molecule has 1 aliphatic rings. The van der Waals surface area contributed by atoms with Crippen LogP contribution in [0.3, 0.4) is 0 Å². The van der Waals surface area contributed by atoms with Gasteiger partial charge in [0.2, 0.25) is 5.89 Å². The van der Waals surface area contributed by atoms with Crippen molar-refractivity contribution in [1.82, 2.24) is 10.1 Å². The van der Waals surface area contributed by atoms with E-state index in [-0.39, 0.29) is 6.04 Å². The van der Waals surface area contributed by atoms with Crippen molar-refractivity contribution in [3.63, 3.8) is 0 Å². The molecule has 1 unspecified atom stereocenters. The first-order valence-electron chi connectivity index (χ1n) is 7.51. The molecule has 108 valence electrons. The SMILES string of the molecule is CCC(N)c1noc(C2CCC(C(C)(C)C)CC2)n1. The van der Waals surface area contributed by atoms with Gasteiger partial charge in [-0.1, -0.05) is 32.9 Å². The highest BCUT2D eigenvalue weighted by Gasteiger charge is 2.32. The largest absolute Gasteiger partial charge is 0.339 e. The predicted molar refractivity (Wildman–Crippen MR) is 75.7 cm³/mol. The van der Waals surface area contributed by atoms with Gasteiger partial charge >= 0.3 is 0 Å². The molecule has 0 aliphatic heterocycles. The molecule has 0 amide bonds. The van der Waals surface area contributed by atoms with E-state index in [4.69, 9.17) is 10.3 Å². The van der Waals surface area contributed by atoms with E-state index >= 15 is 0 Å². The van der Waals surface area contributed by atoms with Crippen LogP contribution in [0.5, 0.6) is 0 Å². The van der Waals surface area contributed by atoms with Gasteiger partial charge < -0.3 is 10.3 Å². The zero-order valence-corrected chi connectivity index (χ0v) is 12.6. The topological polar surface area (TPSA) is 64.9 Å². The molecule has 4 heteroatoms. The van der Waals surface area contributed by atoms with Crippen LogP contribution in [0.15, 0.2) is 4.52 Å². The average molecular weight is 265 g/mol. The normalized spacial score (nSPS) is 26.4. The van der Waals surface area contributed by atoms with Crippen LogP contribution < -0.4 is 5.73 Å². The van der Waals surface area contributed by atoms with Gasteiger partial charge in [0.05, 0.1) is 6.04 Å². The Morgan fingerprint density at radius 2 is 1.89 bits per heavy atom. The van der Waals surface area contributed by atoms with Crippen LogP contribution in [-0.4, -0.2) is 10.1 Å². The maximum atomic E-state index is 5.93. The highest BCUT2D eigenvalue weighted by atomic mass is 16.5. The van der Waals surface area contributed by atoms with Gasteiger partial charge in [-0.15, -0.1) is 0 Å². The molecular weight excluding hydrogens is 238 g/mol. The first-order valence-corrected chi connectivity index (χ1v) is 7.51. The fourth-order valence-electron chi connectivity index (χ4n) is 2.95. The van der Waals surface area contributed by atoms with E-state index in [1.165, 1.54) is 12.8 Å². The van der Waals surface area contributed by atoms with Crippen LogP contribution in [0.4, 0.5) is 0 Å². The van der Waals surface area contributed by atoms with Gasteiger partial charge in [0, 0.05) is 5.92 Å². The maximum Gasteiger partial charge on any atom is 0.229 e. The van der Waals surface area contributed by atoms with Crippen LogP contribution in [0.1, 0.15) is 83.5 Å². The number of hydrogen-bond donors (Lipinski definition) is 1. The fraction of sp³-hybridized carbons (Fsp3) is 0.867. The van der Waals surface area contributed by atoms with E-state index in [2.05, 4.69) is 30.9 Å². The third-order valence-electron chi connectivity index (χ3n) is 4.53. The molecule has 0 radical (unpaired) electrons. The van der Waals surface area contributed by atoms with E-state index in [0.29, 0.717) is 17.2 Å².